The summed E-state index contributed by atoms with van der Waals surface area (Å²) in [4.78, 5) is 31.1. The number of aliphatic imine (C=N–C) groups is 1. The molecule has 0 aromatic heterocycles. The molecule has 0 N–H and O–H groups in total. The van der Waals surface area contributed by atoms with Crippen LogP contribution in [0.4, 0.5) is 0 Å². The summed E-state index contributed by atoms with van der Waals surface area (Å²) in [5, 5.41) is 0. The van der Waals surface area contributed by atoms with Gasteiger partial charge in [-0.2, -0.15) is 0 Å². The summed E-state index contributed by atoms with van der Waals surface area (Å²) < 4.78 is 6.58. The Morgan fingerprint density at radius 1 is 1.32 bits per heavy atom. The Balaban J connectivity index is 2.15. The number of rotatable bonds is 4. The van der Waals surface area contributed by atoms with Gasteiger partial charge in [0.05, 0.1) is 6.10 Å². The highest BCUT2D eigenvalue weighted by atomic mass is 79.9. The fourth-order valence-corrected chi connectivity index (χ4v) is 4.70. The van der Waals surface area contributed by atoms with E-state index in [0.29, 0.717) is 12.0 Å². The van der Waals surface area contributed by atoms with Crippen LogP contribution in [0.1, 0.15) is 65.4 Å². The lowest BCUT2D eigenvalue weighted by molar-refractivity contribution is -0.151. The van der Waals surface area contributed by atoms with Gasteiger partial charge in [-0.05, 0) is 43.7 Å². The third-order valence-corrected chi connectivity index (χ3v) is 6.41. The molecule has 1 aliphatic carbocycles. The summed E-state index contributed by atoms with van der Waals surface area (Å²) in [5.74, 6) is -1.18. The molecule has 150 valence electrons. The molecule has 0 amide bonds. The molecule has 0 radical (unpaired) electrons. The van der Waals surface area contributed by atoms with E-state index < -0.39 is 5.92 Å². The molecular formula is C23H28BrNO3. The van der Waals surface area contributed by atoms with Crippen molar-refractivity contribution < 1.29 is 14.3 Å². The molecule has 1 unspecified atom stereocenters. The molecule has 0 fully saturated rings. The largest absolute Gasteiger partial charge is 0.462 e. The SMILES string of the molecule is CC[C@H](C)OC(=O)C1C(C)=NC2=C(C(=O)CC(C)(C)C2)[C@H]1c1ccccc1Br. The molecule has 3 rings (SSSR count). The lowest BCUT2D eigenvalue weighted by Crippen LogP contribution is -2.40. The summed E-state index contributed by atoms with van der Waals surface area (Å²) in [7, 11) is 0. The third kappa shape index (κ3) is 4.00. The van der Waals surface area contributed by atoms with E-state index >= 15 is 0 Å². The van der Waals surface area contributed by atoms with Gasteiger partial charge >= 0.3 is 5.97 Å². The Bertz CT molecular complexity index is 868. The fourth-order valence-electron chi connectivity index (χ4n) is 4.17. The van der Waals surface area contributed by atoms with Crippen LogP contribution < -0.4 is 0 Å². The lowest BCUT2D eigenvalue weighted by atomic mass is 9.67. The van der Waals surface area contributed by atoms with Gasteiger partial charge in [0.15, 0.2) is 5.78 Å². The Labute approximate surface area is 175 Å². The van der Waals surface area contributed by atoms with E-state index in [0.717, 1.165) is 34.3 Å². The zero-order valence-electron chi connectivity index (χ0n) is 17.2. The Morgan fingerprint density at radius 2 is 2.00 bits per heavy atom. The molecule has 0 saturated heterocycles. The summed E-state index contributed by atoms with van der Waals surface area (Å²) in [5.41, 5.74) is 3.04. The van der Waals surface area contributed by atoms with Crippen LogP contribution in [0, 0.1) is 11.3 Å². The predicted molar refractivity (Wildman–Crippen MR) is 114 cm³/mol. The Kier molecular flexibility index (Phi) is 5.95. The van der Waals surface area contributed by atoms with Crippen LogP contribution in [0.3, 0.4) is 0 Å². The van der Waals surface area contributed by atoms with Crippen LogP contribution >= 0.6 is 15.9 Å². The zero-order valence-corrected chi connectivity index (χ0v) is 18.8. The monoisotopic (exact) mass is 445 g/mol. The minimum absolute atomic E-state index is 0.0876. The highest BCUT2D eigenvalue weighted by molar-refractivity contribution is 9.10. The second-order valence-corrected chi connectivity index (χ2v) is 9.54. The van der Waals surface area contributed by atoms with Crippen LogP contribution in [0.5, 0.6) is 0 Å². The number of carbonyl (C=O) groups is 2. The standard InChI is InChI=1S/C23H28BrNO3/c1-6-13(2)28-22(27)19-14(3)25-17-11-23(4,5)12-18(26)21(17)20(19)15-9-7-8-10-16(15)24/h7-10,13,19-20H,6,11-12H2,1-5H3/t13-,19?,20-/m0/s1. The van der Waals surface area contributed by atoms with E-state index in [1.165, 1.54) is 0 Å². The average molecular weight is 446 g/mol. The summed E-state index contributed by atoms with van der Waals surface area (Å²) in [6.45, 7) is 9.94. The number of esters is 1. The van der Waals surface area contributed by atoms with Crippen molar-refractivity contribution in [2.24, 2.45) is 16.3 Å². The van der Waals surface area contributed by atoms with Gasteiger partial charge in [-0.15, -0.1) is 0 Å². The number of benzene rings is 1. The number of Topliss-reactive ketones (excluding diaryl/α,β-unsaturated/α-hetero) is 1. The van der Waals surface area contributed by atoms with Gasteiger partial charge in [-0.25, -0.2) is 0 Å². The summed E-state index contributed by atoms with van der Waals surface area (Å²) in [6, 6.07) is 7.81. The number of carbonyl (C=O) groups excluding carboxylic acids is 2. The van der Waals surface area contributed by atoms with E-state index in [1.54, 1.807) is 0 Å². The molecule has 1 aliphatic heterocycles. The Morgan fingerprint density at radius 3 is 2.64 bits per heavy atom. The summed E-state index contributed by atoms with van der Waals surface area (Å²) in [6.07, 6.45) is 1.78. The number of nitrogens with zero attached hydrogens (tertiary/aromatic N) is 1. The minimum Gasteiger partial charge on any atom is -0.462 e. The average Bonchev–Trinajstić information content (AvgIpc) is 2.59. The van der Waals surface area contributed by atoms with Gasteiger partial charge in [0.25, 0.3) is 0 Å². The van der Waals surface area contributed by atoms with Crippen molar-refractivity contribution in [1.29, 1.82) is 0 Å². The van der Waals surface area contributed by atoms with Crippen LogP contribution in [0.15, 0.2) is 45.0 Å². The van der Waals surface area contributed by atoms with Gasteiger partial charge in [0.2, 0.25) is 0 Å². The summed E-state index contributed by atoms with van der Waals surface area (Å²) >= 11 is 3.63. The second kappa shape index (κ2) is 7.94. The van der Waals surface area contributed by atoms with Crippen molar-refractivity contribution in [2.75, 3.05) is 0 Å². The van der Waals surface area contributed by atoms with Gasteiger partial charge in [-0.1, -0.05) is 54.9 Å². The maximum Gasteiger partial charge on any atom is 0.315 e. The van der Waals surface area contributed by atoms with Crippen molar-refractivity contribution in [3.8, 4) is 0 Å². The smallest absolute Gasteiger partial charge is 0.315 e. The molecule has 0 saturated carbocycles. The van der Waals surface area contributed by atoms with Crippen molar-refractivity contribution >= 4 is 33.4 Å². The zero-order chi connectivity index (χ0) is 20.6. The molecular weight excluding hydrogens is 418 g/mol. The van der Waals surface area contributed by atoms with Crippen LogP contribution in [-0.2, 0) is 14.3 Å². The van der Waals surface area contributed by atoms with Crippen molar-refractivity contribution in [3.63, 3.8) is 0 Å². The number of allylic oxidation sites excluding steroid dienone is 2. The normalized spacial score (nSPS) is 25.1. The number of ketones is 1. The van der Waals surface area contributed by atoms with Crippen LogP contribution in [0.25, 0.3) is 0 Å². The maximum absolute atomic E-state index is 13.2. The topological polar surface area (TPSA) is 55.7 Å². The molecule has 1 heterocycles. The number of ether oxygens (including phenoxy) is 1. The first kappa shape index (κ1) is 21.0. The van der Waals surface area contributed by atoms with Crippen LogP contribution in [0.2, 0.25) is 0 Å². The molecule has 1 aromatic rings. The molecule has 3 atom stereocenters. The lowest BCUT2D eigenvalue weighted by Gasteiger charge is -2.39. The molecule has 2 aliphatic rings. The van der Waals surface area contributed by atoms with Crippen molar-refractivity contribution in [3.05, 3.63) is 45.6 Å². The third-order valence-electron chi connectivity index (χ3n) is 5.69. The van der Waals surface area contributed by atoms with E-state index in [2.05, 4.69) is 29.8 Å². The Hall–Kier alpha value is -1.75. The van der Waals surface area contributed by atoms with Gasteiger partial charge in [0, 0.05) is 33.8 Å². The van der Waals surface area contributed by atoms with E-state index in [1.807, 2.05) is 45.0 Å². The first-order chi connectivity index (χ1) is 13.1. The fraction of sp³-hybridized carbons (Fsp3) is 0.522. The highest BCUT2D eigenvalue weighted by Crippen LogP contribution is 2.49. The highest BCUT2D eigenvalue weighted by Gasteiger charge is 2.46. The molecule has 0 bridgehead atoms. The van der Waals surface area contributed by atoms with E-state index in [-0.39, 0.29) is 29.2 Å². The van der Waals surface area contributed by atoms with Gasteiger partial charge in [-0.3, -0.25) is 14.6 Å². The van der Waals surface area contributed by atoms with E-state index in [4.69, 9.17) is 9.73 Å². The first-order valence-electron chi connectivity index (χ1n) is 9.91. The van der Waals surface area contributed by atoms with Gasteiger partial charge in [0.1, 0.15) is 5.92 Å². The quantitative estimate of drug-likeness (QED) is 0.565. The van der Waals surface area contributed by atoms with Crippen molar-refractivity contribution in [2.45, 2.75) is 65.9 Å². The number of hydrogen-bond donors (Lipinski definition) is 0. The number of halogens is 1. The van der Waals surface area contributed by atoms with Crippen molar-refractivity contribution in [1.82, 2.24) is 0 Å². The predicted octanol–water partition coefficient (Wildman–Crippen LogP) is 5.61. The molecule has 28 heavy (non-hydrogen) atoms. The van der Waals surface area contributed by atoms with Gasteiger partial charge < -0.3 is 4.74 Å². The second-order valence-electron chi connectivity index (χ2n) is 8.69. The first-order valence-corrected chi connectivity index (χ1v) is 10.7. The maximum atomic E-state index is 13.2. The van der Waals surface area contributed by atoms with Crippen LogP contribution in [-0.4, -0.2) is 23.6 Å². The molecule has 1 aromatic carbocycles. The number of hydrogen-bond acceptors (Lipinski definition) is 4. The molecule has 5 heteroatoms. The molecule has 0 spiro atoms. The van der Waals surface area contributed by atoms with E-state index in [9.17, 15) is 9.59 Å². The minimum atomic E-state index is -0.586. The molecule has 4 nitrogen and oxygen atoms in total.